The van der Waals surface area contributed by atoms with Gasteiger partial charge in [-0.25, -0.2) is 0 Å². The summed E-state index contributed by atoms with van der Waals surface area (Å²) in [6.45, 7) is 5.38. The first-order valence-corrected chi connectivity index (χ1v) is 11.8. The first kappa shape index (κ1) is 21.2. The standard InChI is InChI=1S/C25H23N5O2S/c1-2-14-29-23(32)20-10-6-7-11-21(20)30-24(29)26-27-25(30)33-17-22(31)28-15-12-19(13-16-28)18-8-4-3-5-9-18/h2-12H,1,13-17H2. The van der Waals surface area contributed by atoms with Gasteiger partial charge in [0, 0.05) is 19.6 Å². The van der Waals surface area contributed by atoms with Crippen LogP contribution in [-0.4, -0.2) is 48.8 Å². The van der Waals surface area contributed by atoms with E-state index in [4.69, 9.17) is 0 Å². The minimum atomic E-state index is -0.132. The molecule has 0 unspecified atom stereocenters. The zero-order valence-electron chi connectivity index (χ0n) is 18.1. The summed E-state index contributed by atoms with van der Waals surface area (Å²) in [5.74, 6) is 0.760. The van der Waals surface area contributed by atoms with Gasteiger partial charge in [-0.05, 0) is 29.7 Å². The maximum Gasteiger partial charge on any atom is 0.263 e. The Kier molecular flexibility index (Phi) is 5.83. The van der Waals surface area contributed by atoms with Crippen LogP contribution in [0.25, 0.3) is 22.3 Å². The zero-order valence-corrected chi connectivity index (χ0v) is 18.9. The summed E-state index contributed by atoms with van der Waals surface area (Å²) in [5, 5.41) is 9.72. The summed E-state index contributed by atoms with van der Waals surface area (Å²) >= 11 is 1.34. The molecule has 8 heteroatoms. The van der Waals surface area contributed by atoms with Gasteiger partial charge in [-0.1, -0.05) is 66.4 Å². The van der Waals surface area contributed by atoms with Crippen molar-refractivity contribution in [3.8, 4) is 0 Å². The highest BCUT2D eigenvalue weighted by Gasteiger charge is 2.21. The van der Waals surface area contributed by atoms with Crippen molar-refractivity contribution in [2.75, 3.05) is 18.8 Å². The van der Waals surface area contributed by atoms with Crippen LogP contribution in [0.3, 0.4) is 0 Å². The molecular formula is C25H23N5O2S. The molecule has 4 aromatic rings. The number of carbonyl (C=O) groups excluding carboxylic acids is 1. The number of hydrogen-bond acceptors (Lipinski definition) is 5. The molecule has 0 bridgehead atoms. The second-order valence-corrected chi connectivity index (χ2v) is 8.76. The first-order chi connectivity index (χ1) is 16.2. The maximum absolute atomic E-state index is 12.9. The topological polar surface area (TPSA) is 72.5 Å². The van der Waals surface area contributed by atoms with Crippen LogP contribution in [0.1, 0.15) is 12.0 Å². The third-order valence-electron chi connectivity index (χ3n) is 5.82. The summed E-state index contributed by atoms with van der Waals surface area (Å²) < 4.78 is 3.40. The van der Waals surface area contributed by atoms with Crippen LogP contribution in [0.2, 0.25) is 0 Å². The third kappa shape index (κ3) is 3.98. The van der Waals surface area contributed by atoms with Gasteiger partial charge in [-0.3, -0.25) is 18.6 Å². The average Bonchev–Trinajstić information content (AvgIpc) is 3.30. The molecule has 1 amide bonds. The van der Waals surface area contributed by atoms with Crippen molar-refractivity contribution in [1.82, 2.24) is 24.1 Å². The summed E-state index contributed by atoms with van der Waals surface area (Å²) in [6.07, 6.45) is 4.64. The highest BCUT2D eigenvalue weighted by Crippen LogP contribution is 2.25. The Bertz CT molecular complexity index is 1440. The fourth-order valence-electron chi connectivity index (χ4n) is 4.15. The Balaban J connectivity index is 1.37. The molecule has 0 aliphatic carbocycles. The molecule has 1 aliphatic heterocycles. The van der Waals surface area contributed by atoms with Gasteiger partial charge >= 0.3 is 0 Å². The van der Waals surface area contributed by atoms with Crippen molar-refractivity contribution in [1.29, 1.82) is 0 Å². The molecular weight excluding hydrogens is 434 g/mol. The van der Waals surface area contributed by atoms with Gasteiger partial charge < -0.3 is 4.90 Å². The van der Waals surface area contributed by atoms with Gasteiger partial charge in [0.15, 0.2) is 5.16 Å². The van der Waals surface area contributed by atoms with Crippen molar-refractivity contribution in [3.63, 3.8) is 0 Å². The van der Waals surface area contributed by atoms with Crippen molar-refractivity contribution >= 4 is 39.9 Å². The van der Waals surface area contributed by atoms with Gasteiger partial charge in [0.25, 0.3) is 5.56 Å². The lowest BCUT2D eigenvalue weighted by molar-refractivity contribution is -0.127. The van der Waals surface area contributed by atoms with E-state index < -0.39 is 0 Å². The predicted octanol–water partition coefficient (Wildman–Crippen LogP) is 3.64. The van der Waals surface area contributed by atoms with E-state index in [2.05, 4.69) is 35.0 Å². The molecule has 2 aromatic carbocycles. The molecule has 33 heavy (non-hydrogen) atoms. The lowest BCUT2D eigenvalue weighted by Gasteiger charge is -2.26. The highest BCUT2D eigenvalue weighted by molar-refractivity contribution is 7.99. The Morgan fingerprint density at radius 1 is 1.09 bits per heavy atom. The lowest BCUT2D eigenvalue weighted by Crippen LogP contribution is -2.35. The number of allylic oxidation sites excluding steroid dienone is 1. The molecule has 1 aliphatic rings. The quantitative estimate of drug-likeness (QED) is 0.327. The minimum absolute atomic E-state index is 0.0591. The first-order valence-electron chi connectivity index (χ1n) is 10.8. The van der Waals surface area contributed by atoms with E-state index in [-0.39, 0.29) is 17.2 Å². The van der Waals surface area contributed by atoms with Crippen LogP contribution >= 0.6 is 11.8 Å². The highest BCUT2D eigenvalue weighted by atomic mass is 32.2. The Labute approximate surface area is 195 Å². The van der Waals surface area contributed by atoms with E-state index in [1.165, 1.54) is 22.9 Å². The summed E-state index contributed by atoms with van der Waals surface area (Å²) in [6, 6.07) is 17.7. The van der Waals surface area contributed by atoms with E-state index in [1.807, 2.05) is 45.7 Å². The van der Waals surface area contributed by atoms with Crippen molar-refractivity contribution < 1.29 is 4.79 Å². The smallest absolute Gasteiger partial charge is 0.263 e. The molecule has 3 heterocycles. The number of para-hydroxylation sites is 1. The fraction of sp³-hybridized carbons (Fsp3) is 0.200. The molecule has 0 atom stereocenters. The van der Waals surface area contributed by atoms with Crippen LogP contribution in [-0.2, 0) is 11.3 Å². The molecule has 0 radical (unpaired) electrons. The number of aromatic nitrogens is 4. The number of thioether (sulfide) groups is 1. The van der Waals surface area contributed by atoms with Crippen LogP contribution in [0.4, 0.5) is 0 Å². The third-order valence-corrected chi connectivity index (χ3v) is 6.73. The van der Waals surface area contributed by atoms with Crippen molar-refractivity contribution in [3.05, 3.63) is 89.2 Å². The van der Waals surface area contributed by atoms with Gasteiger partial charge in [0.05, 0.1) is 16.7 Å². The molecule has 2 aromatic heterocycles. The minimum Gasteiger partial charge on any atom is -0.338 e. The van der Waals surface area contributed by atoms with Gasteiger partial charge in [0.1, 0.15) is 0 Å². The number of benzene rings is 2. The Morgan fingerprint density at radius 2 is 1.88 bits per heavy atom. The molecule has 5 rings (SSSR count). The summed E-state index contributed by atoms with van der Waals surface area (Å²) in [5.41, 5.74) is 3.09. The molecule has 0 saturated carbocycles. The molecule has 0 fully saturated rings. The maximum atomic E-state index is 12.9. The van der Waals surface area contributed by atoms with E-state index >= 15 is 0 Å². The molecule has 166 valence electrons. The normalized spacial score (nSPS) is 13.9. The van der Waals surface area contributed by atoms with Crippen molar-refractivity contribution in [2.24, 2.45) is 0 Å². The molecule has 0 N–H and O–H groups in total. The monoisotopic (exact) mass is 457 g/mol. The molecule has 0 spiro atoms. The van der Waals surface area contributed by atoms with Gasteiger partial charge in [-0.15, -0.1) is 16.8 Å². The second kappa shape index (κ2) is 9.07. The largest absolute Gasteiger partial charge is 0.338 e. The summed E-state index contributed by atoms with van der Waals surface area (Å²) in [4.78, 5) is 27.7. The van der Waals surface area contributed by atoms with Crippen LogP contribution in [0.5, 0.6) is 0 Å². The second-order valence-electron chi connectivity index (χ2n) is 7.81. The van der Waals surface area contributed by atoms with Crippen LogP contribution in [0.15, 0.2) is 83.3 Å². The van der Waals surface area contributed by atoms with E-state index in [9.17, 15) is 9.59 Å². The van der Waals surface area contributed by atoms with E-state index in [1.54, 1.807) is 16.7 Å². The summed E-state index contributed by atoms with van der Waals surface area (Å²) in [7, 11) is 0. The number of hydrogen-bond donors (Lipinski definition) is 0. The fourth-order valence-corrected chi connectivity index (χ4v) is 4.99. The number of rotatable bonds is 6. The van der Waals surface area contributed by atoms with Crippen LogP contribution < -0.4 is 5.56 Å². The molecule has 7 nitrogen and oxygen atoms in total. The number of nitrogens with zero attached hydrogens (tertiary/aromatic N) is 5. The number of carbonyl (C=O) groups is 1. The van der Waals surface area contributed by atoms with Crippen molar-refractivity contribution in [2.45, 2.75) is 18.1 Å². The SMILES string of the molecule is C=CCn1c(=O)c2ccccc2n2c(SCC(=O)N3CC=C(c4ccccc4)CC3)nnc12. The van der Waals surface area contributed by atoms with E-state index in [0.717, 1.165) is 11.9 Å². The Morgan fingerprint density at radius 3 is 2.64 bits per heavy atom. The predicted molar refractivity (Wildman–Crippen MR) is 131 cm³/mol. The van der Waals surface area contributed by atoms with Crippen LogP contribution in [0, 0.1) is 0 Å². The number of amides is 1. The average molecular weight is 458 g/mol. The van der Waals surface area contributed by atoms with Gasteiger partial charge in [0.2, 0.25) is 11.7 Å². The zero-order chi connectivity index (χ0) is 22.8. The molecule has 0 saturated heterocycles. The van der Waals surface area contributed by atoms with Gasteiger partial charge in [-0.2, -0.15) is 0 Å². The van der Waals surface area contributed by atoms with E-state index in [0.29, 0.717) is 36.0 Å². The lowest BCUT2D eigenvalue weighted by atomic mass is 10.00. The number of fused-ring (bicyclic) bond motifs is 3. The Hall–Kier alpha value is -3.65.